The number of nitrogens with one attached hydrogen (secondary N) is 1. The molecule has 1 aromatic carbocycles. The molecule has 1 atom stereocenters. The minimum Gasteiger partial charge on any atom is -0.371 e. The van der Waals surface area contributed by atoms with Gasteiger partial charge in [-0.05, 0) is 55.7 Å². The summed E-state index contributed by atoms with van der Waals surface area (Å²) in [6, 6.07) is 8.88. The van der Waals surface area contributed by atoms with E-state index in [-0.39, 0.29) is 17.4 Å². The molecule has 0 radical (unpaired) electrons. The van der Waals surface area contributed by atoms with Gasteiger partial charge >= 0.3 is 0 Å². The molecule has 0 bridgehead atoms. The maximum atomic E-state index is 12.6. The third-order valence-corrected chi connectivity index (χ3v) is 5.88. The number of likely N-dealkylation sites (tertiary alicyclic amines) is 1. The van der Waals surface area contributed by atoms with Gasteiger partial charge in [0.25, 0.3) is 5.91 Å². The average molecular weight is 367 g/mol. The fraction of sp³-hybridized carbons (Fsp3) is 0.571. The van der Waals surface area contributed by atoms with E-state index in [1.54, 1.807) is 29.2 Å². The summed E-state index contributed by atoms with van der Waals surface area (Å²) < 4.78 is 6.10. The van der Waals surface area contributed by atoms with E-state index in [2.05, 4.69) is 11.4 Å². The Morgan fingerprint density at radius 3 is 2.74 bits per heavy atom. The van der Waals surface area contributed by atoms with E-state index in [0.29, 0.717) is 55.6 Å². The zero-order valence-corrected chi connectivity index (χ0v) is 15.4. The molecule has 1 aliphatic carbocycles. The second-order valence-corrected chi connectivity index (χ2v) is 8.20. The molecule has 2 heterocycles. The van der Waals surface area contributed by atoms with Gasteiger partial charge in [0, 0.05) is 18.5 Å². The van der Waals surface area contributed by atoms with Gasteiger partial charge in [0.1, 0.15) is 5.60 Å². The van der Waals surface area contributed by atoms with Crippen LogP contribution in [-0.4, -0.2) is 48.6 Å². The topological polar surface area (TPSA) is 82.4 Å². The molecular weight excluding hydrogens is 342 g/mol. The van der Waals surface area contributed by atoms with Gasteiger partial charge in [-0.3, -0.25) is 9.59 Å². The normalized spacial score (nSPS) is 23.4. The number of ether oxygens (including phenoxy) is 1. The van der Waals surface area contributed by atoms with Crippen molar-refractivity contribution in [2.45, 2.75) is 37.7 Å². The molecule has 4 rings (SSSR count). The third kappa shape index (κ3) is 4.14. The van der Waals surface area contributed by atoms with Crippen molar-refractivity contribution in [2.75, 3.05) is 26.2 Å². The van der Waals surface area contributed by atoms with Crippen LogP contribution < -0.4 is 5.32 Å². The number of carbonyl (C=O) groups excluding carboxylic acids is 2. The quantitative estimate of drug-likeness (QED) is 0.864. The predicted octanol–water partition coefficient (Wildman–Crippen LogP) is 2.10. The number of hydrogen-bond donors (Lipinski definition) is 1. The Morgan fingerprint density at radius 1 is 1.26 bits per heavy atom. The highest BCUT2D eigenvalue weighted by atomic mass is 16.5. The Bertz CT molecular complexity index is 765. The summed E-state index contributed by atoms with van der Waals surface area (Å²) in [6.07, 6.45) is 4.98. The maximum Gasteiger partial charge on any atom is 0.254 e. The van der Waals surface area contributed by atoms with Crippen LogP contribution in [0.5, 0.6) is 0 Å². The maximum absolute atomic E-state index is 12.6. The molecule has 2 aliphatic heterocycles. The molecule has 1 spiro atoms. The lowest BCUT2D eigenvalue weighted by Crippen LogP contribution is -2.66. The van der Waals surface area contributed by atoms with E-state index in [9.17, 15) is 9.59 Å². The standard InChI is InChI=1S/C21H25N3O3/c22-10-16-2-1-3-18(8-16)20(26)24-13-21(14-24)7-6-17(12-27-21)11-23-19(25)9-15-4-5-15/h1-3,8,15,17H,4-7,9,11-14H2,(H,23,25)/t17-/m1/s1. The van der Waals surface area contributed by atoms with Gasteiger partial charge in [0.2, 0.25) is 5.91 Å². The summed E-state index contributed by atoms with van der Waals surface area (Å²) in [5, 5.41) is 12.0. The van der Waals surface area contributed by atoms with Crippen LogP contribution in [-0.2, 0) is 9.53 Å². The molecule has 2 amide bonds. The van der Waals surface area contributed by atoms with Crippen molar-refractivity contribution in [1.29, 1.82) is 5.26 Å². The molecular formula is C21H25N3O3. The summed E-state index contributed by atoms with van der Waals surface area (Å²) >= 11 is 0. The summed E-state index contributed by atoms with van der Waals surface area (Å²) in [4.78, 5) is 26.2. The van der Waals surface area contributed by atoms with Crippen molar-refractivity contribution in [2.24, 2.45) is 11.8 Å². The highest BCUT2D eigenvalue weighted by molar-refractivity contribution is 5.95. The lowest BCUT2D eigenvalue weighted by Gasteiger charge is -2.52. The number of nitriles is 1. The van der Waals surface area contributed by atoms with Gasteiger partial charge in [0.05, 0.1) is 31.3 Å². The summed E-state index contributed by atoms with van der Waals surface area (Å²) in [5.74, 6) is 1.09. The molecule has 27 heavy (non-hydrogen) atoms. The van der Waals surface area contributed by atoms with E-state index in [4.69, 9.17) is 10.00 Å². The zero-order chi connectivity index (χ0) is 18.9. The van der Waals surface area contributed by atoms with Gasteiger partial charge in [-0.25, -0.2) is 0 Å². The highest BCUT2D eigenvalue weighted by Gasteiger charge is 2.48. The second-order valence-electron chi connectivity index (χ2n) is 8.20. The monoisotopic (exact) mass is 367 g/mol. The van der Waals surface area contributed by atoms with E-state index in [1.807, 2.05) is 0 Å². The summed E-state index contributed by atoms with van der Waals surface area (Å²) in [6.45, 7) is 2.52. The van der Waals surface area contributed by atoms with Crippen molar-refractivity contribution < 1.29 is 14.3 Å². The molecule has 1 N–H and O–H groups in total. The smallest absolute Gasteiger partial charge is 0.254 e. The van der Waals surface area contributed by atoms with Crippen LogP contribution >= 0.6 is 0 Å². The Hall–Kier alpha value is -2.39. The zero-order valence-electron chi connectivity index (χ0n) is 15.4. The van der Waals surface area contributed by atoms with Gasteiger partial charge in [-0.15, -0.1) is 0 Å². The molecule has 2 saturated heterocycles. The number of amides is 2. The molecule has 3 aliphatic rings. The van der Waals surface area contributed by atoms with Crippen LogP contribution in [0.1, 0.15) is 48.0 Å². The second kappa shape index (κ2) is 7.32. The minimum absolute atomic E-state index is 0.0456. The number of hydrogen-bond acceptors (Lipinski definition) is 4. The minimum atomic E-state index is -0.225. The van der Waals surface area contributed by atoms with Gasteiger partial charge in [-0.2, -0.15) is 5.26 Å². The molecule has 0 aromatic heterocycles. The molecule has 3 fully saturated rings. The fourth-order valence-corrected chi connectivity index (χ4v) is 3.94. The Labute approximate surface area is 159 Å². The van der Waals surface area contributed by atoms with Gasteiger partial charge in [0.15, 0.2) is 0 Å². The Morgan fingerprint density at radius 2 is 2.07 bits per heavy atom. The highest BCUT2D eigenvalue weighted by Crippen LogP contribution is 2.36. The largest absolute Gasteiger partial charge is 0.371 e. The van der Waals surface area contributed by atoms with Crippen LogP contribution in [0.15, 0.2) is 24.3 Å². The van der Waals surface area contributed by atoms with E-state index >= 15 is 0 Å². The van der Waals surface area contributed by atoms with Crippen molar-refractivity contribution in [1.82, 2.24) is 10.2 Å². The molecule has 6 nitrogen and oxygen atoms in total. The van der Waals surface area contributed by atoms with Crippen LogP contribution in [0.2, 0.25) is 0 Å². The van der Waals surface area contributed by atoms with Crippen molar-refractivity contribution in [3.05, 3.63) is 35.4 Å². The molecule has 0 unspecified atom stereocenters. The molecule has 6 heteroatoms. The number of nitrogens with zero attached hydrogens (tertiary/aromatic N) is 2. The molecule has 1 saturated carbocycles. The van der Waals surface area contributed by atoms with Crippen molar-refractivity contribution in [3.8, 4) is 6.07 Å². The van der Waals surface area contributed by atoms with Crippen molar-refractivity contribution in [3.63, 3.8) is 0 Å². The predicted molar refractivity (Wildman–Crippen MR) is 98.8 cm³/mol. The summed E-state index contributed by atoms with van der Waals surface area (Å²) in [5.41, 5.74) is 0.823. The third-order valence-electron chi connectivity index (χ3n) is 5.88. The van der Waals surface area contributed by atoms with E-state index in [0.717, 1.165) is 12.8 Å². The molecule has 1 aromatic rings. The number of benzene rings is 1. The first kappa shape index (κ1) is 18.0. The first-order valence-electron chi connectivity index (χ1n) is 9.77. The van der Waals surface area contributed by atoms with Gasteiger partial charge < -0.3 is 15.0 Å². The van der Waals surface area contributed by atoms with E-state index in [1.165, 1.54) is 12.8 Å². The average Bonchev–Trinajstić information content (AvgIpc) is 3.48. The fourth-order valence-electron chi connectivity index (χ4n) is 3.94. The Balaban J connectivity index is 1.22. The number of rotatable bonds is 5. The van der Waals surface area contributed by atoms with Crippen LogP contribution in [0.3, 0.4) is 0 Å². The Kier molecular flexibility index (Phi) is 4.88. The first-order chi connectivity index (χ1) is 13.1. The first-order valence-corrected chi connectivity index (χ1v) is 9.77. The molecule has 142 valence electrons. The summed E-state index contributed by atoms with van der Waals surface area (Å²) in [7, 11) is 0. The van der Waals surface area contributed by atoms with Crippen LogP contribution in [0.25, 0.3) is 0 Å². The van der Waals surface area contributed by atoms with Gasteiger partial charge in [-0.1, -0.05) is 6.07 Å². The number of carbonyl (C=O) groups is 2. The van der Waals surface area contributed by atoms with E-state index < -0.39 is 0 Å². The lowest BCUT2D eigenvalue weighted by atomic mass is 9.82. The van der Waals surface area contributed by atoms with Crippen LogP contribution in [0.4, 0.5) is 0 Å². The van der Waals surface area contributed by atoms with Crippen LogP contribution in [0, 0.1) is 23.2 Å². The lowest BCUT2D eigenvalue weighted by molar-refractivity contribution is -0.166. The van der Waals surface area contributed by atoms with Crippen molar-refractivity contribution >= 4 is 11.8 Å². The SMILES string of the molecule is N#Cc1cccc(C(=O)N2CC3(CC[C@H](CNC(=O)CC4CC4)CO3)C2)c1.